The lowest BCUT2D eigenvalue weighted by molar-refractivity contribution is -0.132. The predicted molar refractivity (Wildman–Crippen MR) is 99.3 cm³/mol. The zero-order valence-corrected chi connectivity index (χ0v) is 15.7. The molecule has 1 saturated heterocycles. The first-order chi connectivity index (χ1) is 11.8. The van der Waals surface area contributed by atoms with Crippen molar-refractivity contribution >= 4 is 34.9 Å². The summed E-state index contributed by atoms with van der Waals surface area (Å²) in [5.41, 5.74) is 8.52. The van der Waals surface area contributed by atoms with Crippen molar-refractivity contribution < 1.29 is 14.3 Å². The highest BCUT2D eigenvalue weighted by Crippen LogP contribution is 2.45. The summed E-state index contributed by atoms with van der Waals surface area (Å²) in [6, 6.07) is 14.7. The number of ketones is 1. The largest absolute Gasteiger partial charge is 0.378 e. The molecule has 0 amide bonds. The predicted octanol–water partition coefficient (Wildman–Crippen LogP) is 4.35. The van der Waals surface area contributed by atoms with Gasteiger partial charge in [0.05, 0.1) is 0 Å². The number of hydrogen-bond acceptors (Lipinski definition) is 3. The Morgan fingerprint density at radius 2 is 1.80 bits per heavy atom. The number of hydrogen-bond donors (Lipinski definition) is 0. The molecule has 2 aromatic carbocycles. The van der Waals surface area contributed by atoms with Gasteiger partial charge in [-0.25, -0.2) is 0 Å². The number of thioether (sulfide) groups is 1. The number of carbonyl (C=O) groups excluding carboxylic acids is 1. The van der Waals surface area contributed by atoms with E-state index in [-0.39, 0.29) is 11.5 Å². The molecular formula is C19H17ClN2O2S. The Hall–Kier alpha value is -1.91. The molecule has 1 aliphatic heterocycles. The van der Waals surface area contributed by atoms with Gasteiger partial charge in [-0.1, -0.05) is 35.9 Å². The zero-order valence-electron chi connectivity index (χ0n) is 14.1. The summed E-state index contributed by atoms with van der Waals surface area (Å²) in [5, 5.41) is 0.510. The molecule has 3 rings (SSSR count). The monoisotopic (exact) mass is 372 g/mol. The molecule has 1 aliphatic rings. The Morgan fingerprint density at radius 1 is 1.12 bits per heavy atom. The maximum absolute atomic E-state index is 12.8. The second kappa shape index (κ2) is 6.43. The van der Waals surface area contributed by atoms with Crippen molar-refractivity contribution in [2.24, 2.45) is 0 Å². The Labute approximate surface area is 155 Å². The minimum atomic E-state index is -1.31. The third kappa shape index (κ3) is 2.83. The van der Waals surface area contributed by atoms with Crippen LogP contribution in [-0.4, -0.2) is 28.1 Å². The van der Waals surface area contributed by atoms with Gasteiger partial charge in [-0.15, -0.1) is 11.8 Å². The maximum Gasteiger partial charge on any atom is 0.378 e. The third-order valence-corrected chi connectivity index (χ3v) is 5.31. The summed E-state index contributed by atoms with van der Waals surface area (Å²) in [4.78, 5) is 17.2. The van der Waals surface area contributed by atoms with Crippen LogP contribution in [0.5, 0.6) is 0 Å². The molecule has 0 spiro atoms. The highest BCUT2D eigenvalue weighted by Gasteiger charge is 2.64. The first kappa shape index (κ1) is 17.9. The lowest BCUT2D eigenvalue weighted by Gasteiger charge is -2.28. The van der Waals surface area contributed by atoms with E-state index in [9.17, 15) is 10.3 Å². The fourth-order valence-electron chi connectivity index (χ4n) is 3.13. The van der Waals surface area contributed by atoms with Crippen LogP contribution >= 0.6 is 23.4 Å². The SMILES string of the molecule is CSc1ccc(C2(c3cccc(Cl)c3)OC(C)(C)C(=O)C2=[N+]=[N-])cc1. The van der Waals surface area contributed by atoms with Crippen molar-refractivity contribution in [1.82, 2.24) is 0 Å². The molecule has 1 atom stereocenters. The van der Waals surface area contributed by atoms with Crippen LogP contribution in [0.1, 0.15) is 25.0 Å². The van der Waals surface area contributed by atoms with Gasteiger partial charge in [0.1, 0.15) is 5.60 Å². The molecule has 128 valence electrons. The van der Waals surface area contributed by atoms with Crippen LogP contribution in [0, 0.1) is 0 Å². The zero-order chi connectivity index (χ0) is 18.2. The second-order valence-corrected chi connectivity index (χ2v) is 7.63. The first-order valence-corrected chi connectivity index (χ1v) is 9.33. The minimum absolute atomic E-state index is 0.0448. The van der Waals surface area contributed by atoms with E-state index in [0.29, 0.717) is 16.1 Å². The molecule has 1 heterocycles. The molecule has 0 bridgehead atoms. The van der Waals surface area contributed by atoms with Gasteiger partial charge in [-0.2, -0.15) is 4.79 Å². The van der Waals surface area contributed by atoms with E-state index in [4.69, 9.17) is 16.3 Å². The van der Waals surface area contributed by atoms with Crippen LogP contribution in [0.15, 0.2) is 53.4 Å². The molecule has 2 aromatic rings. The lowest BCUT2D eigenvalue weighted by Crippen LogP contribution is -2.37. The van der Waals surface area contributed by atoms with Crippen LogP contribution in [-0.2, 0) is 15.1 Å². The van der Waals surface area contributed by atoms with Crippen molar-refractivity contribution in [2.75, 3.05) is 6.26 Å². The van der Waals surface area contributed by atoms with Gasteiger partial charge < -0.3 is 10.3 Å². The summed E-state index contributed by atoms with van der Waals surface area (Å²) in [5.74, 6) is -0.357. The van der Waals surface area contributed by atoms with Gasteiger partial charge in [-0.3, -0.25) is 4.79 Å². The van der Waals surface area contributed by atoms with Gasteiger partial charge in [0, 0.05) is 21.0 Å². The van der Waals surface area contributed by atoms with Crippen LogP contribution in [0.4, 0.5) is 0 Å². The molecule has 25 heavy (non-hydrogen) atoms. The van der Waals surface area contributed by atoms with Crippen molar-refractivity contribution in [3.63, 3.8) is 0 Å². The molecule has 0 radical (unpaired) electrons. The van der Waals surface area contributed by atoms with E-state index in [1.165, 1.54) is 0 Å². The fourth-order valence-corrected chi connectivity index (χ4v) is 3.73. The van der Waals surface area contributed by atoms with Gasteiger partial charge >= 0.3 is 5.71 Å². The highest BCUT2D eigenvalue weighted by atomic mass is 35.5. The Bertz CT molecular complexity index is 889. The molecular weight excluding hydrogens is 356 g/mol. The number of nitrogens with zero attached hydrogens (tertiary/aromatic N) is 2. The summed E-state index contributed by atoms with van der Waals surface area (Å²) >= 11 is 7.79. The van der Waals surface area contributed by atoms with E-state index in [1.54, 1.807) is 43.8 Å². The Morgan fingerprint density at radius 3 is 2.36 bits per heavy atom. The highest BCUT2D eigenvalue weighted by molar-refractivity contribution is 7.98. The van der Waals surface area contributed by atoms with E-state index in [2.05, 4.69) is 4.79 Å². The number of benzene rings is 2. The minimum Gasteiger partial charge on any atom is -0.361 e. The second-order valence-electron chi connectivity index (χ2n) is 6.31. The molecule has 6 heteroatoms. The topological polar surface area (TPSA) is 62.7 Å². The van der Waals surface area contributed by atoms with Crippen molar-refractivity contribution in [3.8, 4) is 0 Å². The van der Waals surface area contributed by atoms with Crippen LogP contribution < -0.4 is 0 Å². The molecule has 0 aromatic heterocycles. The number of carbonyl (C=O) groups is 1. The van der Waals surface area contributed by atoms with Gasteiger partial charge in [0.25, 0.3) is 5.78 Å². The fraction of sp³-hybridized carbons (Fsp3) is 0.263. The number of halogens is 1. The smallest absolute Gasteiger partial charge is 0.361 e. The average molecular weight is 373 g/mol. The first-order valence-electron chi connectivity index (χ1n) is 7.73. The lowest BCUT2D eigenvalue weighted by atomic mass is 9.81. The third-order valence-electron chi connectivity index (χ3n) is 4.33. The summed E-state index contributed by atoms with van der Waals surface area (Å²) in [7, 11) is 0. The average Bonchev–Trinajstić information content (AvgIpc) is 2.82. The molecule has 4 nitrogen and oxygen atoms in total. The summed E-state index contributed by atoms with van der Waals surface area (Å²) < 4.78 is 6.25. The van der Waals surface area contributed by atoms with Crippen molar-refractivity contribution in [3.05, 3.63) is 70.2 Å². The van der Waals surface area contributed by atoms with E-state index < -0.39 is 11.2 Å². The van der Waals surface area contributed by atoms with Crippen LogP contribution in [0.25, 0.3) is 5.53 Å². The molecule has 1 unspecified atom stereocenters. The number of ether oxygens (including phenoxy) is 1. The summed E-state index contributed by atoms with van der Waals surface area (Å²) in [6.07, 6.45) is 1.99. The summed E-state index contributed by atoms with van der Waals surface area (Å²) in [6.45, 7) is 3.34. The maximum atomic E-state index is 12.8. The normalized spacial score (nSPS) is 22.1. The Kier molecular flexibility index (Phi) is 4.60. The van der Waals surface area contributed by atoms with E-state index in [1.807, 2.05) is 36.6 Å². The molecule has 0 N–H and O–H groups in total. The van der Waals surface area contributed by atoms with E-state index >= 15 is 0 Å². The number of Topliss-reactive ketones (excluding diaryl/α,β-unsaturated/α-hetero) is 1. The van der Waals surface area contributed by atoms with Gasteiger partial charge in [-0.05, 0) is 44.4 Å². The number of rotatable bonds is 3. The van der Waals surface area contributed by atoms with Crippen LogP contribution in [0.2, 0.25) is 5.02 Å². The molecule has 0 saturated carbocycles. The Balaban J connectivity index is 2.33. The van der Waals surface area contributed by atoms with Crippen molar-refractivity contribution in [1.29, 1.82) is 0 Å². The van der Waals surface area contributed by atoms with Crippen molar-refractivity contribution in [2.45, 2.75) is 29.9 Å². The molecule has 0 aliphatic carbocycles. The quantitative estimate of drug-likeness (QED) is 0.457. The standard InChI is InChI=1S/C19H17ClN2O2S/c1-18(2)17(23)16(22-21)19(24-18,13-5-4-6-14(20)11-13)12-7-9-15(25-3)10-8-12/h4-11H,1-3H3. The van der Waals surface area contributed by atoms with Gasteiger partial charge in [0.2, 0.25) is 5.60 Å². The van der Waals surface area contributed by atoms with Crippen LogP contribution in [0.3, 0.4) is 0 Å². The van der Waals surface area contributed by atoms with E-state index in [0.717, 1.165) is 4.90 Å². The molecule has 1 fully saturated rings. The van der Waals surface area contributed by atoms with Gasteiger partial charge in [0.15, 0.2) is 0 Å².